The molecule has 1 nitrogen and oxygen atoms in total. The van der Waals surface area contributed by atoms with Gasteiger partial charge >= 0.3 is 0 Å². The number of nitrogens with zero attached hydrogens (tertiary/aromatic N) is 1. The number of benzene rings is 6. The summed E-state index contributed by atoms with van der Waals surface area (Å²) in [5.41, 5.74) is 20.2. The van der Waals surface area contributed by atoms with Gasteiger partial charge < -0.3 is 4.90 Å². The van der Waals surface area contributed by atoms with Crippen molar-refractivity contribution in [3.63, 3.8) is 0 Å². The van der Waals surface area contributed by atoms with Gasteiger partial charge in [-0.1, -0.05) is 165 Å². The molecule has 0 heterocycles. The zero-order chi connectivity index (χ0) is 36.7. The first-order valence-electron chi connectivity index (χ1n) is 20.0. The van der Waals surface area contributed by atoms with E-state index in [-0.39, 0.29) is 16.2 Å². The predicted molar refractivity (Wildman–Crippen MR) is 226 cm³/mol. The second-order valence-electron chi connectivity index (χ2n) is 18.0. The molecule has 0 bridgehead atoms. The maximum Gasteiger partial charge on any atom is 0.0540 e. The molecule has 0 spiro atoms. The van der Waals surface area contributed by atoms with E-state index in [0.717, 1.165) is 0 Å². The smallest absolute Gasteiger partial charge is 0.0540 e. The summed E-state index contributed by atoms with van der Waals surface area (Å²) >= 11 is 0. The minimum atomic E-state index is -0.123. The number of rotatable bonds is 5. The van der Waals surface area contributed by atoms with Crippen molar-refractivity contribution >= 4 is 17.1 Å². The van der Waals surface area contributed by atoms with Crippen LogP contribution < -0.4 is 4.90 Å². The fourth-order valence-corrected chi connectivity index (χ4v) is 10.2. The summed E-state index contributed by atoms with van der Waals surface area (Å²) in [5.74, 6) is 0.608. The molecule has 0 aromatic heterocycles. The molecule has 0 atom stereocenters. The third-order valence-corrected chi connectivity index (χ3v) is 13.0. The van der Waals surface area contributed by atoms with Crippen molar-refractivity contribution < 1.29 is 0 Å². The van der Waals surface area contributed by atoms with Crippen LogP contribution in [0.15, 0.2) is 127 Å². The van der Waals surface area contributed by atoms with Crippen LogP contribution in [-0.2, 0) is 16.2 Å². The summed E-state index contributed by atoms with van der Waals surface area (Å²) < 4.78 is 0. The Balaban J connectivity index is 1.27. The van der Waals surface area contributed by atoms with Gasteiger partial charge in [-0.15, -0.1) is 0 Å². The van der Waals surface area contributed by atoms with Crippen molar-refractivity contribution in [2.45, 2.75) is 103 Å². The van der Waals surface area contributed by atoms with Gasteiger partial charge in [-0.25, -0.2) is 0 Å². The van der Waals surface area contributed by atoms with Crippen LogP contribution in [0.25, 0.3) is 33.4 Å². The van der Waals surface area contributed by atoms with Crippen molar-refractivity contribution in [1.29, 1.82) is 0 Å². The predicted octanol–water partition coefficient (Wildman–Crippen LogP) is 14.8. The Bertz CT molecular complexity index is 2370. The Morgan fingerprint density at radius 2 is 1.04 bits per heavy atom. The van der Waals surface area contributed by atoms with Crippen LogP contribution in [0.4, 0.5) is 17.1 Å². The molecule has 266 valence electrons. The third kappa shape index (κ3) is 5.33. The Morgan fingerprint density at radius 3 is 1.75 bits per heavy atom. The lowest BCUT2D eigenvalue weighted by atomic mass is 9.79. The molecule has 0 saturated heterocycles. The zero-order valence-corrected chi connectivity index (χ0v) is 32.7. The van der Waals surface area contributed by atoms with Crippen LogP contribution in [0.3, 0.4) is 0 Å². The Labute approximate surface area is 317 Å². The molecule has 0 amide bonds. The quantitative estimate of drug-likeness (QED) is 0.174. The highest BCUT2D eigenvalue weighted by molar-refractivity contribution is 5.93. The highest BCUT2D eigenvalue weighted by Gasteiger charge is 2.40. The van der Waals surface area contributed by atoms with Crippen LogP contribution in [0.5, 0.6) is 0 Å². The van der Waals surface area contributed by atoms with Crippen LogP contribution in [0, 0.1) is 0 Å². The van der Waals surface area contributed by atoms with Gasteiger partial charge in [0.15, 0.2) is 0 Å². The number of fused-ring (bicyclic) bond motifs is 6. The molecular formula is C52H53N. The minimum Gasteiger partial charge on any atom is -0.310 e. The molecule has 9 rings (SSSR count). The second kappa shape index (κ2) is 12.3. The summed E-state index contributed by atoms with van der Waals surface area (Å²) in [5, 5.41) is 0. The van der Waals surface area contributed by atoms with E-state index >= 15 is 0 Å². The van der Waals surface area contributed by atoms with Gasteiger partial charge in [0.25, 0.3) is 0 Å². The molecule has 0 N–H and O–H groups in total. The maximum absolute atomic E-state index is 2.57. The molecule has 3 aliphatic carbocycles. The minimum absolute atomic E-state index is 0.0488. The van der Waals surface area contributed by atoms with Crippen molar-refractivity contribution in [2.75, 3.05) is 4.90 Å². The fraction of sp³-hybridized carbons (Fsp3) is 0.308. The van der Waals surface area contributed by atoms with Crippen molar-refractivity contribution in [1.82, 2.24) is 0 Å². The first-order chi connectivity index (χ1) is 25.5. The summed E-state index contributed by atoms with van der Waals surface area (Å²) in [6.07, 6.45) is 6.56. The molecule has 1 saturated carbocycles. The van der Waals surface area contributed by atoms with E-state index in [0.29, 0.717) is 5.92 Å². The lowest BCUT2D eigenvalue weighted by Crippen LogP contribution is -2.18. The summed E-state index contributed by atoms with van der Waals surface area (Å²) in [6, 6.07) is 49.0. The van der Waals surface area contributed by atoms with Gasteiger partial charge in [0.2, 0.25) is 0 Å². The van der Waals surface area contributed by atoms with E-state index in [9.17, 15) is 0 Å². The average Bonchev–Trinajstić information content (AvgIpc) is 3.54. The SMILES string of the molecule is CC(C)(C)c1cccc2c1-c1ccc(N(c3ccc4c(c3)C(C)(C)c3ccccc3-4)c3ccccc3-c3ccccc3C3CCCCC3)cc1C2(C)C. The monoisotopic (exact) mass is 691 g/mol. The molecule has 1 heteroatoms. The standard InChI is InChI=1S/C52H53N/c1-50(2,3)44-25-17-26-45-49(44)42-31-29-36(33-47(42)52(45,6)7)53(35-28-30-40-39-22-13-15-24-43(39)51(4,5)46(40)32-35)48-27-16-14-23-41(48)38-21-12-11-20-37(38)34-18-9-8-10-19-34/h11-17,20-34H,8-10,18-19H2,1-7H3. The molecule has 3 aliphatic rings. The first kappa shape index (κ1) is 33.9. The second-order valence-corrected chi connectivity index (χ2v) is 18.0. The summed E-state index contributed by atoms with van der Waals surface area (Å²) in [7, 11) is 0. The van der Waals surface area contributed by atoms with E-state index in [1.54, 1.807) is 0 Å². The van der Waals surface area contributed by atoms with Gasteiger partial charge in [-0.05, 0) is 116 Å². The largest absolute Gasteiger partial charge is 0.310 e. The Hall–Kier alpha value is -4.88. The number of hydrogen-bond acceptors (Lipinski definition) is 1. The van der Waals surface area contributed by atoms with E-state index in [1.807, 2.05) is 0 Å². The lowest BCUT2D eigenvalue weighted by Gasteiger charge is -2.32. The molecule has 0 radical (unpaired) electrons. The van der Waals surface area contributed by atoms with E-state index in [1.165, 1.54) is 116 Å². The average molecular weight is 692 g/mol. The highest BCUT2D eigenvalue weighted by Crippen LogP contribution is 2.55. The zero-order valence-electron chi connectivity index (χ0n) is 32.7. The molecule has 6 aromatic carbocycles. The van der Waals surface area contributed by atoms with E-state index < -0.39 is 0 Å². The van der Waals surface area contributed by atoms with Crippen molar-refractivity contribution in [2.24, 2.45) is 0 Å². The summed E-state index contributed by atoms with van der Waals surface area (Å²) in [4.78, 5) is 2.57. The van der Waals surface area contributed by atoms with Gasteiger partial charge in [0.1, 0.15) is 0 Å². The maximum atomic E-state index is 2.57. The van der Waals surface area contributed by atoms with Crippen molar-refractivity contribution in [3.8, 4) is 33.4 Å². The third-order valence-electron chi connectivity index (χ3n) is 13.0. The van der Waals surface area contributed by atoms with Gasteiger partial charge in [0, 0.05) is 27.8 Å². The van der Waals surface area contributed by atoms with Gasteiger partial charge in [0.05, 0.1) is 5.69 Å². The number of para-hydroxylation sites is 1. The summed E-state index contributed by atoms with van der Waals surface area (Å²) in [6.45, 7) is 16.7. The van der Waals surface area contributed by atoms with Crippen LogP contribution in [0.1, 0.15) is 120 Å². The highest BCUT2D eigenvalue weighted by atomic mass is 15.1. The van der Waals surface area contributed by atoms with Crippen molar-refractivity contribution in [3.05, 3.63) is 161 Å². The van der Waals surface area contributed by atoms with E-state index in [2.05, 4.69) is 181 Å². The number of hydrogen-bond donors (Lipinski definition) is 0. The van der Waals surface area contributed by atoms with Gasteiger partial charge in [-0.2, -0.15) is 0 Å². The van der Waals surface area contributed by atoms with Crippen LogP contribution in [-0.4, -0.2) is 0 Å². The topological polar surface area (TPSA) is 3.24 Å². The molecule has 0 unspecified atom stereocenters. The number of anilines is 3. The normalized spacial score (nSPS) is 16.8. The molecule has 53 heavy (non-hydrogen) atoms. The Kier molecular flexibility index (Phi) is 7.90. The molecular weight excluding hydrogens is 639 g/mol. The fourth-order valence-electron chi connectivity index (χ4n) is 10.2. The lowest BCUT2D eigenvalue weighted by molar-refractivity contribution is 0.444. The molecule has 6 aromatic rings. The van der Waals surface area contributed by atoms with Crippen LogP contribution >= 0.6 is 0 Å². The van der Waals surface area contributed by atoms with Crippen LogP contribution in [0.2, 0.25) is 0 Å². The first-order valence-corrected chi connectivity index (χ1v) is 20.0. The Morgan fingerprint density at radius 1 is 0.491 bits per heavy atom. The molecule has 0 aliphatic heterocycles. The molecule has 1 fully saturated rings. The van der Waals surface area contributed by atoms with E-state index in [4.69, 9.17) is 0 Å². The van der Waals surface area contributed by atoms with Gasteiger partial charge in [-0.3, -0.25) is 0 Å².